The molecule has 0 bridgehead atoms. The topological polar surface area (TPSA) is 52.9 Å². The van der Waals surface area contributed by atoms with Gasteiger partial charge in [-0.15, -0.1) is 11.6 Å². The minimum absolute atomic E-state index is 0.0256. The fourth-order valence-electron chi connectivity index (χ4n) is 1.42. The van der Waals surface area contributed by atoms with Crippen molar-refractivity contribution in [1.82, 2.24) is 5.32 Å². The number of carbonyl (C=O) groups is 1. The molecule has 0 aliphatic rings. The SMILES string of the molecule is CCCC(Cl)CNC(=O)c1ccc(C#N)cc1. The Kier molecular flexibility index (Phi) is 5.51. The molecule has 3 nitrogen and oxygen atoms in total. The molecule has 90 valence electrons. The van der Waals surface area contributed by atoms with E-state index >= 15 is 0 Å². The Labute approximate surface area is 106 Å². The van der Waals surface area contributed by atoms with E-state index in [-0.39, 0.29) is 11.3 Å². The highest BCUT2D eigenvalue weighted by atomic mass is 35.5. The predicted molar refractivity (Wildman–Crippen MR) is 68.0 cm³/mol. The average Bonchev–Trinajstić information content (AvgIpc) is 2.36. The maximum Gasteiger partial charge on any atom is 0.251 e. The largest absolute Gasteiger partial charge is 0.351 e. The van der Waals surface area contributed by atoms with Crippen LogP contribution in [0.2, 0.25) is 0 Å². The summed E-state index contributed by atoms with van der Waals surface area (Å²) in [5, 5.41) is 11.4. The molecular weight excluding hydrogens is 236 g/mol. The van der Waals surface area contributed by atoms with E-state index in [2.05, 4.69) is 12.2 Å². The zero-order chi connectivity index (χ0) is 12.7. The normalized spacial score (nSPS) is 11.6. The van der Waals surface area contributed by atoms with E-state index in [1.165, 1.54) is 0 Å². The summed E-state index contributed by atoms with van der Waals surface area (Å²) in [6, 6.07) is 8.53. The number of benzene rings is 1. The first-order chi connectivity index (χ1) is 8.17. The third kappa shape index (κ3) is 4.46. The molecule has 0 fully saturated rings. The van der Waals surface area contributed by atoms with Crippen molar-refractivity contribution in [1.29, 1.82) is 5.26 Å². The monoisotopic (exact) mass is 250 g/mol. The first-order valence-corrected chi connectivity index (χ1v) is 6.03. The van der Waals surface area contributed by atoms with Crippen molar-refractivity contribution in [2.45, 2.75) is 25.1 Å². The molecule has 0 aliphatic heterocycles. The second kappa shape index (κ2) is 6.93. The van der Waals surface area contributed by atoms with Gasteiger partial charge in [-0.05, 0) is 30.7 Å². The minimum Gasteiger partial charge on any atom is -0.351 e. The van der Waals surface area contributed by atoms with E-state index in [0.29, 0.717) is 17.7 Å². The Morgan fingerprint density at radius 2 is 2.12 bits per heavy atom. The predicted octanol–water partition coefficient (Wildman–Crippen LogP) is 2.70. The summed E-state index contributed by atoms with van der Waals surface area (Å²) in [6.45, 7) is 2.52. The van der Waals surface area contributed by atoms with Crippen LogP contribution in [-0.4, -0.2) is 17.8 Å². The van der Waals surface area contributed by atoms with Crippen molar-refractivity contribution < 1.29 is 4.79 Å². The summed E-state index contributed by atoms with van der Waals surface area (Å²) in [5.41, 5.74) is 1.09. The maximum atomic E-state index is 11.7. The number of amides is 1. The minimum atomic E-state index is -0.156. The number of nitrogens with one attached hydrogen (secondary N) is 1. The zero-order valence-electron chi connectivity index (χ0n) is 9.74. The molecule has 0 spiro atoms. The van der Waals surface area contributed by atoms with Crippen molar-refractivity contribution in [3.05, 3.63) is 35.4 Å². The summed E-state index contributed by atoms with van der Waals surface area (Å²) >= 11 is 6.00. The van der Waals surface area contributed by atoms with Gasteiger partial charge in [0.25, 0.3) is 5.91 Å². The fourth-order valence-corrected chi connectivity index (χ4v) is 1.71. The number of rotatable bonds is 5. The number of carbonyl (C=O) groups excluding carboxylic acids is 1. The van der Waals surface area contributed by atoms with Crippen molar-refractivity contribution in [2.75, 3.05) is 6.54 Å². The first-order valence-electron chi connectivity index (χ1n) is 5.59. The molecule has 0 aromatic heterocycles. The molecule has 0 saturated heterocycles. The summed E-state index contributed by atoms with van der Waals surface area (Å²) in [4.78, 5) is 11.7. The molecule has 1 rings (SSSR count). The van der Waals surface area contributed by atoms with Gasteiger partial charge in [0, 0.05) is 12.1 Å². The van der Waals surface area contributed by atoms with Gasteiger partial charge in [0.2, 0.25) is 0 Å². The molecular formula is C13H15ClN2O. The lowest BCUT2D eigenvalue weighted by Gasteiger charge is -2.09. The Bertz CT molecular complexity index is 408. The smallest absolute Gasteiger partial charge is 0.251 e. The third-order valence-corrected chi connectivity index (χ3v) is 2.73. The van der Waals surface area contributed by atoms with E-state index in [4.69, 9.17) is 16.9 Å². The highest BCUT2D eigenvalue weighted by Crippen LogP contribution is 2.05. The maximum absolute atomic E-state index is 11.7. The highest BCUT2D eigenvalue weighted by Gasteiger charge is 2.08. The molecule has 0 aliphatic carbocycles. The van der Waals surface area contributed by atoms with Crippen molar-refractivity contribution in [3.8, 4) is 6.07 Å². The Morgan fingerprint density at radius 3 is 2.65 bits per heavy atom. The van der Waals surface area contributed by atoms with E-state index in [1.54, 1.807) is 24.3 Å². The van der Waals surface area contributed by atoms with Crippen LogP contribution in [0.4, 0.5) is 0 Å². The lowest BCUT2D eigenvalue weighted by atomic mass is 10.1. The summed E-state index contributed by atoms with van der Waals surface area (Å²) < 4.78 is 0. The molecule has 1 aromatic carbocycles. The molecule has 1 unspecified atom stereocenters. The van der Waals surface area contributed by atoms with Crippen molar-refractivity contribution in [2.24, 2.45) is 0 Å². The summed E-state index contributed by atoms with van der Waals surface area (Å²) in [6.07, 6.45) is 1.89. The number of nitrogens with zero attached hydrogens (tertiary/aromatic N) is 1. The molecule has 1 aromatic rings. The van der Waals surface area contributed by atoms with Crippen LogP contribution in [0.25, 0.3) is 0 Å². The van der Waals surface area contributed by atoms with Crippen LogP contribution in [0.1, 0.15) is 35.7 Å². The van der Waals surface area contributed by atoms with Gasteiger partial charge in [-0.2, -0.15) is 5.26 Å². The Hall–Kier alpha value is -1.53. The van der Waals surface area contributed by atoms with Crippen molar-refractivity contribution >= 4 is 17.5 Å². The van der Waals surface area contributed by atoms with Crippen molar-refractivity contribution in [3.63, 3.8) is 0 Å². The number of nitriles is 1. The summed E-state index contributed by atoms with van der Waals surface area (Å²) in [5.74, 6) is -0.156. The molecule has 0 radical (unpaired) electrons. The molecule has 1 N–H and O–H groups in total. The zero-order valence-corrected chi connectivity index (χ0v) is 10.5. The Morgan fingerprint density at radius 1 is 1.47 bits per heavy atom. The second-order valence-electron chi connectivity index (χ2n) is 3.79. The van der Waals surface area contributed by atoms with Gasteiger partial charge in [-0.1, -0.05) is 13.3 Å². The average molecular weight is 251 g/mol. The van der Waals surface area contributed by atoms with Gasteiger partial charge in [0.1, 0.15) is 0 Å². The van der Waals surface area contributed by atoms with Gasteiger partial charge in [-0.25, -0.2) is 0 Å². The van der Waals surface area contributed by atoms with Crippen LogP contribution >= 0.6 is 11.6 Å². The second-order valence-corrected chi connectivity index (χ2v) is 4.40. The number of hydrogen-bond donors (Lipinski definition) is 1. The molecule has 4 heteroatoms. The van der Waals surface area contributed by atoms with Gasteiger partial charge in [-0.3, -0.25) is 4.79 Å². The van der Waals surface area contributed by atoms with E-state index in [9.17, 15) is 4.79 Å². The fraction of sp³-hybridized carbons (Fsp3) is 0.385. The van der Waals surface area contributed by atoms with Gasteiger partial charge >= 0.3 is 0 Å². The van der Waals surface area contributed by atoms with E-state index < -0.39 is 0 Å². The van der Waals surface area contributed by atoms with Crippen LogP contribution in [-0.2, 0) is 0 Å². The van der Waals surface area contributed by atoms with Crippen LogP contribution < -0.4 is 5.32 Å². The summed E-state index contributed by atoms with van der Waals surface area (Å²) in [7, 11) is 0. The first kappa shape index (κ1) is 13.5. The van der Waals surface area contributed by atoms with Crippen LogP contribution in [0.15, 0.2) is 24.3 Å². The van der Waals surface area contributed by atoms with Crippen LogP contribution in [0, 0.1) is 11.3 Å². The third-order valence-electron chi connectivity index (χ3n) is 2.36. The quantitative estimate of drug-likeness (QED) is 0.817. The van der Waals surface area contributed by atoms with Crippen LogP contribution in [0.3, 0.4) is 0 Å². The molecule has 0 saturated carbocycles. The number of halogens is 1. The van der Waals surface area contributed by atoms with Gasteiger partial charge in [0.05, 0.1) is 17.0 Å². The standard InChI is InChI=1S/C13H15ClN2O/c1-2-3-12(14)9-16-13(17)11-6-4-10(8-15)5-7-11/h4-7,12H,2-3,9H2,1H3,(H,16,17). The lowest BCUT2D eigenvalue weighted by Crippen LogP contribution is -2.29. The molecule has 0 heterocycles. The van der Waals surface area contributed by atoms with Crippen LogP contribution in [0.5, 0.6) is 0 Å². The molecule has 1 atom stereocenters. The highest BCUT2D eigenvalue weighted by molar-refractivity contribution is 6.20. The Balaban J connectivity index is 2.50. The van der Waals surface area contributed by atoms with E-state index in [0.717, 1.165) is 12.8 Å². The molecule has 17 heavy (non-hydrogen) atoms. The number of hydrogen-bond acceptors (Lipinski definition) is 2. The molecule has 1 amide bonds. The van der Waals surface area contributed by atoms with E-state index in [1.807, 2.05) is 6.07 Å². The van der Waals surface area contributed by atoms with Gasteiger partial charge < -0.3 is 5.32 Å². The lowest BCUT2D eigenvalue weighted by molar-refractivity contribution is 0.0953. The number of alkyl halides is 1. The van der Waals surface area contributed by atoms with Gasteiger partial charge in [0.15, 0.2) is 0 Å².